The van der Waals surface area contributed by atoms with Gasteiger partial charge in [-0.15, -0.1) is 0 Å². The molecule has 0 aliphatic carbocycles. The fourth-order valence-corrected chi connectivity index (χ4v) is 3.02. The van der Waals surface area contributed by atoms with Gasteiger partial charge in [0.2, 0.25) is 0 Å². The minimum atomic E-state index is -0.622. The molecule has 7 nitrogen and oxygen atoms in total. The second kappa shape index (κ2) is 6.70. The summed E-state index contributed by atoms with van der Waals surface area (Å²) in [6.45, 7) is 2.74. The lowest BCUT2D eigenvalue weighted by Crippen LogP contribution is -2.23. The van der Waals surface area contributed by atoms with Crippen LogP contribution in [-0.4, -0.2) is 38.8 Å². The van der Waals surface area contributed by atoms with E-state index in [0.717, 1.165) is 0 Å². The average Bonchev–Trinajstić information content (AvgIpc) is 3.02. The summed E-state index contributed by atoms with van der Waals surface area (Å²) in [6, 6.07) is 3.19. The lowest BCUT2D eigenvalue weighted by atomic mass is 9.96. The summed E-state index contributed by atoms with van der Waals surface area (Å²) >= 11 is 0. The first-order valence-electron chi connectivity index (χ1n) is 7.75. The van der Waals surface area contributed by atoms with Crippen molar-refractivity contribution in [3.05, 3.63) is 28.1 Å². The molecule has 7 heteroatoms. The van der Waals surface area contributed by atoms with Crippen LogP contribution in [-0.2, 0) is 9.47 Å². The van der Waals surface area contributed by atoms with Crippen LogP contribution in [0.1, 0.15) is 24.8 Å². The normalized spacial score (nSPS) is 20.5. The Kier molecular flexibility index (Phi) is 4.64. The van der Waals surface area contributed by atoms with Gasteiger partial charge < -0.3 is 28.5 Å². The van der Waals surface area contributed by atoms with Crippen molar-refractivity contribution in [3.8, 4) is 17.2 Å². The standard InChI is InChI=1S/C17H20O7/c1-4-22-17-10(5-6-23-17)13-14(18)11-7-9(20-2)8-12(21-3)15(11)24-16(13)19/h7-8,10,17-18H,4-6H2,1-3H3. The van der Waals surface area contributed by atoms with E-state index in [9.17, 15) is 9.90 Å². The molecule has 0 amide bonds. The molecule has 1 aliphatic rings. The van der Waals surface area contributed by atoms with E-state index < -0.39 is 11.9 Å². The molecule has 0 bridgehead atoms. The van der Waals surface area contributed by atoms with Gasteiger partial charge in [0.25, 0.3) is 0 Å². The molecular weight excluding hydrogens is 316 g/mol. The summed E-state index contributed by atoms with van der Waals surface area (Å²) in [4.78, 5) is 12.5. The zero-order chi connectivity index (χ0) is 17.3. The van der Waals surface area contributed by atoms with E-state index in [1.165, 1.54) is 14.2 Å². The van der Waals surface area contributed by atoms with Gasteiger partial charge in [-0.3, -0.25) is 0 Å². The van der Waals surface area contributed by atoms with E-state index in [4.69, 9.17) is 23.4 Å². The molecule has 2 aromatic rings. The van der Waals surface area contributed by atoms with Crippen LogP contribution in [0.4, 0.5) is 0 Å². The van der Waals surface area contributed by atoms with Gasteiger partial charge in [0, 0.05) is 18.6 Å². The quantitative estimate of drug-likeness (QED) is 0.839. The molecule has 2 atom stereocenters. The highest BCUT2D eigenvalue weighted by Gasteiger charge is 2.36. The van der Waals surface area contributed by atoms with E-state index in [1.807, 2.05) is 6.92 Å². The van der Waals surface area contributed by atoms with Gasteiger partial charge in [-0.25, -0.2) is 4.79 Å². The second-order valence-electron chi connectivity index (χ2n) is 5.45. The van der Waals surface area contributed by atoms with E-state index in [1.54, 1.807) is 12.1 Å². The van der Waals surface area contributed by atoms with E-state index in [2.05, 4.69) is 0 Å². The Bertz CT molecular complexity index is 796. The molecule has 24 heavy (non-hydrogen) atoms. The van der Waals surface area contributed by atoms with E-state index in [0.29, 0.717) is 36.5 Å². The van der Waals surface area contributed by atoms with Crippen LogP contribution in [0.5, 0.6) is 17.2 Å². The fourth-order valence-electron chi connectivity index (χ4n) is 3.02. The molecular formula is C17H20O7. The maximum absolute atomic E-state index is 12.5. The summed E-state index contributed by atoms with van der Waals surface area (Å²) in [5, 5.41) is 11.1. The molecule has 0 saturated carbocycles. The number of hydrogen-bond acceptors (Lipinski definition) is 7. The van der Waals surface area contributed by atoms with E-state index >= 15 is 0 Å². The van der Waals surface area contributed by atoms with Crippen molar-refractivity contribution in [2.45, 2.75) is 25.6 Å². The number of hydrogen-bond donors (Lipinski definition) is 1. The Balaban J connectivity index is 2.21. The third-order valence-corrected chi connectivity index (χ3v) is 4.15. The van der Waals surface area contributed by atoms with Gasteiger partial charge in [0.1, 0.15) is 11.5 Å². The molecule has 1 aliphatic heterocycles. The number of benzene rings is 1. The Morgan fingerprint density at radius 2 is 2.08 bits per heavy atom. The van der Waals surface area contributed by atoms with Gasteiger partial charge >= 0.3 is 5.63 Å². The van der Waals surface area contributed by atoms with Crippen LogP contribution >= 0.6 is 0 Å². The zero-order valence-electron chi connectivity index (χ0n) is 13.8. The highest BCUT2D eigenvalue weighted by molar-refractivity contribution is 5.90. The van der Waals surface area contributed by atoms with Crippen molar-refractivity contribution >= 4 is 11.0 Å². The molecule has 0 radical (unpaired) electrons. The molecule has 1 N–H and O–H groups in total. The predicted molar refractivity (Wildman–Crippen MR) is 86.0 cm³/mol. The lowest BCUT2D eigenvalue weighted by Gasteiger charge is -2.19. The summed E-state index contributed by atoms with van der Waals surface area (Å²) in [7, 11) is 2.96. The van der Waals surface area contributed by atoms with Crippen molar-refractivity contribution in [1.82, 2.24) is 0 Å². The Morgan fingerprint density at radius 1 is 1.29 bits per heavy atom. The van der Waals surface area contributed by atoms with Crippen molar-refractivity contribution < 1.29 is 28.5 Å². The number of fused-ring (bicyclic) bond motifs is 1. The van der Waals surface area contributed by atoms with Gasteiger partial charge in [-0.1, -0.05) is 0 Å². The SMILES string of the molecule is CCOC1OCCC1c1c(O)c2cc(OC)cc(OC)c2oc1=O. The van der Waals surface area contributed by atoms with Crippen molar-refractivity contribution in [1.29, 1.82) is 0 Å². The zero-order valence-corrected chi connectivity index (χ0v) is 13.8. The molecule has 1 aromatic carbocycles. The largest absolute Gasteiger partial charge is 0.507 e. The maximum Gasteiger partial charge on any atom is 0.343 e. The summed E-state index contributed by atoms with van der Waals surface area (Å²) in [5.74, 6) is 0.257. The second-order valence-corrected chi connectivity index (χ2v) is 5.45. The summed E-state index contributed by atoms with van der Waals surface area (Å²) in [5.41, 5.74) is -0.283. The monoisotopic (exact) mass is 336 g/mol. The van der Waals surface area contributed by atoms with Gasteiger partial charge in [-0.05, 0) is 19.4 Å². The third-order valence-electron chi connectivity index (χ3n) is 4.15. The van der Waals surface area contributed by atoms with Crippen LogP contribution in [0.15, 0.2) is 21.3 Å². The number of aromatic hydroxyl groups is 1. The van der Waals surface area contributed by atoms with Gasteiger partial charge in [0.05, 0.1) is 31.8 Å². The van der Waals surface area contributed by atoms with Crippen LogP contribution in [0, 0.1) is 0 Å². The van der Waals surface area contributed by atoms with Gasteiger partial charge in [-0.2, -0.15) is 0 Å². The van der Waals surface area contributed by atoms with Crippen LogP contribution in [0.25, 0.3) is 11.0 Å². The average molecular weight is 336 g/mol. The molecule has 3 rings (SSSR count). The summed E-state index contributed by atoms with van der Waals surface area (Å²) in [6.07, 6.45) is -0.0102. The molecule has 2 heterocycles. The van der Waals surface area contributed by atoms with Crippen molar-refractivity contribution in [2.75, 3.05) is 27.4 Å². The van der Waals surface area contributed by atoms with Crippen molar-refractivity contribution in [3.63, 3.8) is 0 Å². The smallest absolute Gasteiger partial charge is 0.343 e. The molecule has 1 aromatic heterocycles. The first kappa shape index (κ1) is 16.6. The third kappa shape index (κ3) is 2.70. The topological polar surface area (TPSA) is 87.4 Å². The highest BCUT2D eigenvalue weighted by Crippen LogP contribution is 2.41. The fraction of sp³-hybridized carbons (Fsp3) is 0.471. The van der Waals surface area contributed by atoms with E-state index in [-0.39, 0.29) is 22.8 Å². The molecule has 130 valence electrons. The van der Waals surface area contributed by atoms with Crippen LogP contribution < -0.4 is 15.1 Å². The first-order chi connectivity index (χ1) is 11.6. The highest BCUT2D eigenvalue weighted by atomic mass is 16.7. The Hall–Kier alpha value is -2.25. The molecule has 1 fully saturated rings. The minimum absolute atomic E-state index is 0.154. The Labute approximate surface area is 138 Å². The lowest BCUT2D eigenvalue weighted by molar-refractivity contribution is -0.115. The maximum atomic E-state index is 12.5. The summed E-state index contributed by atoms with van der Waals surface area (Å²) < 4.78 is 26.9. The minimum Gasteiger partial charge on any atom is -0.507 e. The Morgan fingerprint density at radius 3 is 2.75 bits per heavy atom. The van der Waals surface area contributed by atoms with Crippen LogP contribution in [0.2, 0.25) is 0 Å². The molecule has 0 spiro atoms. The van der Waals surface area contributed by atoms with Gasteiger partial charge in [0.15, 0.2) is 17.6 Å². The number of ether oxygens (including phenoxy) is 4. The number of methoxy groups -OCH3 is 2. The first-order valence-corrected chi connectivity index (χ1v) is 7.75. The van der Waals surface area contributed by atoms with Crippen molar-refractivity contribution in [2.24, 2.45) is 0 Å². The molecule has 1 saturated heterocycles. The van der Waals surface area contributed by atoms with Crippen LogP contribution in [0.3, 0.4) is 0 Å². The number of rotatable bonds is 5. The molecule has 2 unspecified atom stereocenters. The predicted octanol–water partition coefficient (Wildman–Crippen LogP) is 2.38.